The van der Waals surface area contributed by atoms with E-state index in [4.69, 9.17) is 22.6 Å². The van der Waals surface area contributed by atoms with Crippen LogP contribution in [0.2, 0.25) is 5.02 Å². The zero-order valence-corrected chi connectivity index (χ0v) is 13.6. The summed E-state index contributed by atoms with van der Waals surface area (Å²) >= 11 is 5.86. The van der Waals surface area contributed by atoms with Gasteiger partial charge in [0.15, 0.2) is 0 Å². The second kappa shape index (κ2) is 6.43. The standard InChI is InChI=1S/C18H13ClF3N3/c19-13-4-1-11(2-5-13)9-25-10-15(17(24)18(20,21)22)14-6-3-12(8-23)7-16(14)25/h1-7,10,17H,9,24H2. The lowest BCUT2D eigenvalue weighted by Crippen LogP contribution is -2.28. The number of nitriles is 1. The predicted molar refractivity (Wildman–Crippen MR) is 90.2 cm³/mol. The monoisotopic (exact) mass is 363 g/mol. The summed E-state index contributed by atoms with van der Waals surface area (Å²) < 4.78 is 40.9. The summed E-state index contributed by atoms with van der Waals surface area (Å²) in [6.07, 6.45) is -3.15. The maximum atomic E-state index is 13.1. The average molecular weight is 364 g/mol. The van der Waals surface area contributed by atoms with Gasteiger partial charge in [-0.2, -0.15) is 18.4 Å². The maximum absolute atomic E-state index is 13.1. The minimum absolute atomic E-state index is 0.0130. The molecule has 128 valence electrons. The van der Waals surface area contributed by atoms with Crippen molar-refractivity contribution in [2.24, 2.45) is 5.73 Å². The average Bonchev–Trinajstić information content (AvgIpc) is 2.93. The fourth-order valence-corrected chi connectivity index (χ4v) is 2.86. The largest absolute Gasteiger partial charge is 0.407 e. The molecule has 0 saturated heterocycles. The van der Waals surface area contributed by atoms with Crippen molar-refractivity contribution in [2.45, 2.75) is 18.8 Å². The van der Waals surface area contributed by atoms with E-state index in [0.717, 1.165) is 5.56 Å². The lowest BCUT2D eigenvalue weighted by atomic mass is 10.1. The fraction of sp³-hybridized carbons (Fsp3) is 0.167. The van der Waals surface area contributed by atoms with Crippen LogP contribution in [0.5, 0.6) is 0 Å². The van der Waals surface area contributed by atoms with E-state index in [0.29, 0.717) is 28.0 Å². The number of fused-ring (bicyclic) bond motifs is 1. The first-order valence-corrected chi connectivity index (χ1v) is 7.77. The van der Waals surface area contributed by atoms with Crippen LogP contribution in [0.4, 0.5) is 13.2 Å². The zero-order valence-electron chi connectivity index (χ0n) is 12.9. The molecule has 2 aromatic carbocycles. The van der Waals surface area contributed by atoms with Gasteiger partial charge in [0.1, 0.15) is 6.04 Å². The Morgan fingerprint density at radius 3 is 2.44 bits per heavy atom. The van der Waals surface area contributed by atoms with Gasteiger partial charge >= 0.3 is 6.18 Å². The van der Waals surface area contributed by atoms with Gasteiger partial charge in [-0.25, -0.2) is 0 Å². The van der Waals surface area contributed by atoms with E-state index in [1.165, 1.54) is 18.3 Å². The summed E-state index contributed by atoms with van der Waals surface area (Å²) in [7, 11) is 0. The SMILES string of the molecule is N#Cc1ccc2c(C(N)C(F)(F)F)cn(Cc3ccc(Cl)cc3)c2c1. The second-order valence-corrected chi connectivity index (χ2v) is 6.14. The Bertz CT molecular complexity index is 953. The Morgan fingerprint density at radius 1 is 1.16 bits per heavy atom. The van der Waals surface area contributed by atoms with E-state index in [2.05, 4.69) is 0 Å². The first-order chi connectivity index (χ1) is 11.8. The molecule has 3 nitrogen and oxygen atoms in total. The first kappa shape index (κ1) is 17.3. The van der Waals surface area contributed by atoms with Gasteiger partial charge in [-0.3, -0.25) is 0 Å². The Balaban J connectivity index is 2.13. The van der Waals surface area contributed by atoms with Crippen LogP contribution in [0.3, 0.4) is 0 Å². The summed E-state index contributed by atoms with van der Waals surface area (Å²) in [4.78, 5) is 0. The van der Waals surface area contributed by atoms with Crippen LogP contribution in [0.15, 0.2) is 48.7 Å². The Labute approximate surface area is 147 Å². The van der Waals surface area contributed by atoms with Crippen molar-refractivity contribution in [1.29, 1.82) is 5.26 Å². The summed E-state index contributed by atoms with van der Waals surface area (Å²) in [6, 6.07) is 11.5. The molecule has 0 bridgehead atoms. The molecule has 3 aromatic rings. The third-order valence-corrected chi connectivity index (χ3v) is 4.25. The molecular formula is C18H13ClF3N3. The highest BCUT2D eigenvalue weighted by atomic mass is 35.5. The Morgan fingerprint density at radius 2 is 1.84 bits per heavy atom. The number of hydrogen-bond donors (Lipinski definition) is 1. The van der Waals surface area contributed by atoms with Gasteiger partial charge in [-0.1, -0.05) is 29.8 Å². The van der Waals surface area contributed by atoms with E-state index >= 15 is 0 Å². The van der Waals surface area contributed by atoms with E-state index in [-0.39, 0.29) is 5.56 Å². The lowest BCUT2D eigenvalue weighted by Gasteiger charge is -2.14. The quantitative estimate of drug-likeness (QED) is 0.728. The number of halogens is 4. The van der Waals surface area contributed by atoms with Crippen LogP contribution in [-0.2, 0) is 6.54 Å². The van der Waals surface area contributed by atoms with E-state index in [9.17, 15) is 13.2 Å². The van der Waals surface area contributed by atoms with Gasteiger partial charge in [-0.05, 0) is 29.8 Å². The normalized spacial score (nSPS) is 13.0. The number of rotatable bonds is 3. The maximum Gasteiger partial charge on any atom is 0.407 e. The molecule has 7 heteroatoms. The number of nitrogens with two attached hydrogens (primary N) is 1. The van der Waals surface area contributed by atoms with Gasteiger partial charge in [-0.15, -0.1) is 0 Å². The molecule has 1 unspecified atom stereocenters. The number of alkyl halides is 3. The van der Waals surface area contributed by atoms with Crippen LogP contribution >= 0.6 is 11.6 Å². The molecule has 25 heavy (non-hydrogen) atoms. The molecule has 0 aliphatic rings. The molecule has 0 radical (unpaired) electrons. The molecule has 1 atom stereocenters. The molecule has 0 aliphatic carbocycles. The third kappa shape index (κ3) is 3.48. The molecule has 1 heterocycles. The Hall–Kier alpha value is -2.49. The third-order valence-electron chi connectivity index (χ3n) is 4.00. The van der Waals surface area contributed by atoms with Gasteiger partial charge in [0.2, 0.25) is 0 Å². The van der Waals surface area contributed by atoms with Crippen LogP contribution in [0.25, 0.3) is 10.9 Å². The highest BCUT2D eigenvalue weighted by molar-refractivity contribution is 6.30. The fourth-order valence-electron chi connectivity index (χ4n) is 2.73. The number of hydrogen-bond acceptors (Lipinski definition) is 2. The second-order valence-electron chi connectivity index (χ2n) is 5.70. The molecule has 0 saturated carbocycles. The molecular weight excluding hydrogens is 351 g/mol. The lowest BCUT2D eigenvalue weighted by molar-refractivity contribution is -0.148. The Kier molecular flexibility index (Phi) is 4.46. The van der Waals surface area contributed by atoms with Gasteiger partial charge in [0.05, 0.1) is 11.6 Å². The van der Waals surface area contributed by atoms with Crippen molar-refractivity contribution >= 4 is 22.5 Å². The molecule has 0 amide bonds. The molecule has 0 aliphatic heterocycles. The molecule has 2 N–H and O–H groups in total. The zero-order chi connectivity index (χ0) is 18.2. The molecule has 0 fully saturated rings. The highest BCUT2D eigenvalue weighted by Crippen LogP contribution is 2.36. The molecule has 0 spiro atoms. The van der Waals surface area contributed by atoms with E-state index < -0.39 is 12.2 Å². The topological polar surface area (TPSA) is 54.7 Å². The van der Waals surface area contributed by atoms with E-state index in [1.54, 1.807) is 34.9 Å². The molecule has 3 rings (SSSR count). The summed E-state index contributed by atoms with van der Waals surface area (Å²) in [5.41, 5.74) is 7.17. The predicted octanol–water partition coefficient (Wildman–Crippen LogP) is 4.78. The van der Waals surface area contributed by atoms with Crippen molar-refractivity contribution in [3.8, 4) is 6.07 Å². The minimum Gasteiger partial charge on any atom is -0.343 e. The summed E-state index contributed by atoms with van der Waals surface area (Å²) in [6.45, 7) is 0.340. The van der Waals surface area contributed by atoms with Crippen molar-refractivity contribution in [1.82, 2.24) is 4.57 Å². The van der Waals surface area contributed by atoms with Crippen LogP contribution < -0.4 is 5.73 Å². The summed E-state index contributed by atoms with van der Waals surface area (Å²) in [5.74, 6) is 0. The van der Waals surface area contributed by atoms with Crippen molar-refractivity contribution < 1.29 is 13.2 Å². The van der Waals surface area contributed by atoms with Gasteiger partial charge in [0, 0.05) is 34.2 Å². The van der Waals surface area contributed by atoms with E-state index in [1.807, 2.05) is 6.07 Å². The van der Waals surface area contributed by atoms with Crippen LogP contribution in [-0.4, -0.2) is 10.7 Å². The minimum atomic E-state index is -4.55. The van der Waals surface area contributed by atoms with Crippen LogP contribution in [0, 0.1) is 11.3 Å². The molecule has 1 aromatic heterocycles. The summed E-state index contributed by atoms with van der Waals surface area (Å²) in [5, 5.41) is 10.0. The number of nitrogens with zero attached hydrogens (tertiary/aromatic N) is 2. The number of benzene rings is 2. The number of aromatic nitrogens is 1. The van der Waals surface area contributed by atoms with Crippen molar-refractivity contribution in [2.75, 3.05) is 0 Å². The smallest absolute Gasteiger partial charge is 0.343 e. The van der Waals surface area contributed by atoms with Crippen molar-refractivity contribution in [3.05, 3.63) is 70.4 Å². The highest BCUT2D eigenvalue weighted by Gasteiger charge is 2.39. The van der Waals surface area contributed by atoms with Gasteiger partial charge in [0.25, 0.3) is 0 Å². The first-order valence-electron chi connectivity index (χ1n) is 7.39. The van der Waals surface area contributed by atoms with Gasteiger partial charge < -0.3 is 10.3 Å². The van der Waals surface area contributed by atoms with Crippen molar-refractivity contribution in [3.63, 3.8) is 0 Å². The van der Waals surface area contributed by atoms with Crippen LogP contribution in [0.1, 0.15) is 22.7 Å².